The van der Waals surface area contributed by atoms with Crippen LogP contribution in [0.1, 0.15) is 60.4 Å². The van der Waals surface area contributed by atoms with Gasteiger partial charge in [0, 0.05) is 11.7 Å². The second kappa shape index (κ2) is 8.68. The van der Waals surface area contributed by atoms with E-state index >= 15 is 0 Å². The highest BCUT2D eigenvalue weighted by molar-refractivity contribution is 5.80. The molecule has 0 fully saturated rings. The van der Waals surface area contributed by atoms with Crippen molar-refractivity contribution in [2.24, 2.45) is 10.8 Å². The van der Waals surface area contributed by atoms with Gasteiger partial charge in [-0.15, -0.1) is 13.2 Å². The van der Waals surface area contributed by atoms with E-state index in [1.165, 1.54) is 12.1 Å². The summed E-state index contributed by atoms with van der Waals surface area (Å²) in [6.07, 6.45) is -2.80. The standard InChI is InChI=1S/C25H32F3N3O/c1-23(2,3)15-18(16-24(4,5)6)31-21-10-8-7-9-20(21)30-22(31)29-17-11-13-19(14-12-17)32-25(26,27)28/h7-14,18H,15-16H2,1-6H3,(H,29,30). The average Bonchev–Trinajstić information content (AvgIpc) is 2.97. The van der Waals surface area contributed by atoms with E-state index < -0.39 is 6.36 Å². The first-order valence-electron chi connectivity index (χ1n) is 10.8. The summed E-state index contributed by atoms with van der Waals surface area (Å²) < 4.78 is 43.6. The number of hydrogen-bond acceptors (Lipinski definition) is 3. The van der Waals surface area contributed by atoms with Crippen LogP contribution in [0, 0.1) is 10.8 Å². The Morgan fingerprint density at radius 2 is 1.44 bits per heavy atom. The number of halogens is 3. The number of nitrogens with zero attached hydrogens (tertiary/aromatic N) is 2. The lowest BCUT2D eigenvalue weighted by Gasteiger charge is -2.33. The average molecular weight is 448 g/mol. The SMILES string of the molecule is CC(C)(C)CC(CC(C)(C)C)n1c(Nc2ccc(OC(F)(F)F)cc2)nc2ccccc21. The number of hydrogen-bond donors (Lipinski definition) is 1. The molecule has 1 heterocycles. The highest BCUT2D eigenvalue weighted by Crippen LogP contribution is 2.40. The smallest absolute Gasteiger partial charge is 0.406 e. The number of nitrogens with one attached hydrogen (secondary N) is 1. The molecule has 0 atom stereocenters. The van der Waals surface area contributed by atoms with Crippen molar-refractivity contribution in [3.05, 3.63) is 48.5 Å². The summed E-state index contributed by atoms with van der Waals surface area (Å²) in [5.41, 5.74) is 2.76. The fourth-order valence-corrected chi connectivity index (χ4v) is 4.04. The molecule has 0 radical (unpaired) electrons. The number of fused-ring (bicyclic) bond motifs is 1. The van der Waals surface area contributed by atoms with Crippen molar-refractivity contribution in [3.63, 3.8) is 0 Å². The van der Waals surface area contributed by atoms with E-state index in [1.54, 1.807) is 12.1 Å². The second-order valence-corrected chi connectivity index (χ2v) is 10.7. The summed E-state index contributed by atoms with van der Waals surface area (Å²) in [4.78, 5) is 4.81. The van der Waals surface area contributed by atoms with Crippen molar-refractivity contribution in [2.45, 2.75) is 66.8 Å². The minimum Gasteiger partial charge on any atom is -0.406 e. The van der Waals surface area contributed by atoms with Gasteiger partial charge >= 0.3 is 6.36 Å². The van der Waals surface area contributed by atoms with E-state index in [1.807, 2.05) is 18.2 Å². The Balaban J connectivity index is 2.01. The first-order chi connectivity index (χ1) is 14.7. The summed E-state index contributed by atoms with van der Waals surface area (Å²) >= 11 is 0. The zero-order chi connectivity index (χ0) is 23.7. The van der Waals surface area contributed by atoms with E-state index in [0.717, 1.165) is 23.9 Å². The first kappa shape index (κ1) is 24.0. The van der Waals surface area contributed by atoms with Crippen molar-refractivity contribution < 1.29 is 17.9 Å². The van der Waals surface area contributed by atoms with Crippen molar-refractivity contribution in [2.75, 3.05) is 5.32 Å². The number of para-hydroxylation sites is 2. The molecule has 0 aliphatic heterocycles. The summed E-state index contributed by atoms with van der Waals surface area (Å²) in [5.74, 6) is 0.420. The summed E-state index contributed by atoms with van der Waals surface area (Å²) in [6.45, 7) is 13.4. The lowest BCUT2D eigenvalue weighted by Crippen LogP contribution is -2.23. The molecule has 0 unspecified atom stereocenters. The molecule has 0 spiro atoms. The predicted molar refractivity (Wildman–Crippen MR) is 123 cm³/mol. The number of ether oxygens (including phenoxy) is 1. The van der Waals surface area contributed by atoms with Gasteiger partial charge in [-0.1, -0.05) is 53.7 Å². The normalized spacial score (nSPS) is 13.1. The topological polar surface area (TPSA) is 39.1 Å². The molecule has 4 nitrogen and oxygen atoms in total. The molecular formula is C25H32F3N3O. The van der Waals surface area contributed by atoms with E-state index in [2.05, 4.69) is 62.2 Å². The zero-order valence-electron chi connectivity index (χ0n) is 19.5. The van der Waals surface area contributed by atoms with Gasteiger partial charge in [0.05, 0.1) is 11.0 Å². The fraction of sp³-hybridized carbons (Fsp3) is 0.480. The fourth-order valence-electron chi connectivity index (χ4n) is 4.04. The molecule has 174 valence electrons. The summed E-state index contributed by atoms with van der Waals surface area (Å²) in [7, 11) is 0. The van der Waals surface area contributed by atoms with Gasteiger partial charge in [-0.3, -0.25) is 0 Å². The van der Waals surface area contributed by atoms with Gasteiger partial charge in [0.25, 0.3) is 0 Å². The first-order valence-corrected chi connectivity index (χ1v) is 10.8. The van der Waals surface area contributed by atoms with Crippen LogP contribution in [0.25, 0.3) is 11.0 Å². The third-order valence-corrected chi connectivity index (χ3v) is 5.00. The minimum atomic E-state index is -4.71. The Bertz CT molecular complexity index is 1030. The van der Waals surface area contributed by atoms with Crippen LogP contribution in [0.4, 0.5) is 24.8 Å². The van der Waals surface area contributed by atoms with Crippen LogP contribution in [0.3, 0.4) is 0 Å². The molecule has 2 aromatic carbocycles. The zero-order valence-corrected chi connectivity index (χ0v) is 19.5. The molecule has 3 rings (SSSR count). The molecule has 0 bridgehead atoms. The van der Waals surface area contributed by atoms with Crippen molar-refractivity contribution in [1.29, 1.82) is 0 Å². The maximum absolute atomic E-state index is 12.5. The Hall–Kier alpha value is -2.70. The largest absolute Gasteiger partial charge is 0.573 e. The third-order valence-electron chi connectivity index (χ3n) is 5.00. The molecule has 0 aliphatic carbocycles. The number of anilines is 2. The van der Waals surface area contributed by atoms with Crippen LogP contribution < -0.4 is 10.1 Å². The van der Waals surface area contributed by atoms with Gasteiger partial charge < -0.3 is 14.6 Å². The van der Waals surface area contributed by atoms with Gasteiger partial charge in [-0.05, 0) is 60.1 Å². The van der Waals surface area contributed by atoms with E-state index in [4.69, 9.17) is 4.98 Å². The predicted octanol–water partition coefficient (Wildman–Crippen LogP) is 8.09. The van der Waals surface area contributed by atoms with E-state index in [9.17, 15) is 13.2 Å². The number of imidazole rings is 1. The molecular weight excluding hydrogens is 415 g/mol. The van der Waals surface area contributed by atoms with E-state index in [-0.39, 0.29) is 22.6 Å². The van der Waals surface area contributed by atoms with Crippen molar-refractivity contribution in [3.8, 4) is 5.75 Å². The number of benzene rings is 2. The maximum Gasteiger partial charge on any atom is 0.573 e. The van der Waals surface area contributed by atoms with Crippen LogP contribution in [0.15, 0.2) is 48.5 Å². The number of alkyl halides is 3. The van der Waals surface area contributed by atoms with Crippen LogP contribution in [-0.2, 0) is 0 Å². The highest BCUT2D eigenvalue weighted by Gasteiger charge is 2.31. The molecule has 0 saturated carbocycles. The van der Waals surface area contributed by atoms with Gasteiger partial charge in [0.1, 0.15) is 5.75 Å². The monoisotopic (exact) mass is 447 g/mol. The highest BCUT2D eigenvalue weighted by atomic mass is 19.4. The summed E-state index contributed by atoms with van der Waals surface area (Å²) in [6, 6.07) is 13.9. The Morgan fingerprint density at radius 1 is 0.875 bits per heavy atom. The molecule has 3 aromatic rings. The Kier molecular flexibility index (Phi) is 6.50. The number of rotatable bonds is 6. The minimum absolute atomic E-state index is 0.106. The molecule has 1 aromatic heterocycles. The summed E-state index contributed by atoms with van der Waals surface area (Å²) in [5, 5.41) is 3.32. The Morgan fingerprint density at radius 3 is 1.97 bits per heavy atom. The maximum atomic E-state index is 12.5. The van der Waals surface area contributed by atoms with Crippen molar-refractivity contribution in [1.82, 2.24) is 9.55 Å². The second-order valence-electron chi connectivity index (χ2n) is 10.7. The van der Waals surface area contributed by atoms with Gasteiger partial charge in [-0.2, -0.15) is 0 Å². The molecule has 1 N–H and O–H groups in total. The lowest BCUT2D eigenvalue weighted by molar-refractivity contribution is -0.274. The lowest BCUT2D eigenvalue weighted by atomic mass is 9.80. The van der Waals surface area contributed by atoms with Crippen LogP contribution in [0.2, 0.25) is 0 Å². The van der Waals surface area contributed by atoms with Crippen molar-refractivity contribution >= 4 is 22.7 Å². The quantitative estimate of drug-likeness (QED) is 0.415. The van der Waals surface area contributed by atoms with Gasteiger partial charge in [-0.25, -0.2) is 4.98 Å². The third kappa shape index (κ3) is 6.65. The van der Waals surface area contributed by atoms with Crippen LogP contribution in [0.5, 0.6) is 5.75 Å². The molecule has 32 heavy (non-hydrogen) atoms. The molecule has 0 saturated heterocycles. The molecule has 0 aliphatic rings. The molecule has 0 amide bonds. The van der Waals surface area contributed by atoms with E-state index in [0.29, 0.717) is 11.6 Å². The molecule has 7 heteroatoms. The van der Waals surface area contributed by atoms with Crippen LogP contribution in [-0.4, -0.2) is 15.9 Å². The van der Waals surface area contributed by atoms with Crippen LogP contribution >= 0.6 is 0 Å². The number of aromatic nitrogens is 2. The van der Waals surface area contributed by atoms with Gasteiger partial charge in [0.15, 0.2) is 0 Å². The Labute approximate surface area is 187 Å². The van der Waals surface area contributed by atoms with Gasteiger partial charge in [0.2, 0.25) is 5.95 Å².